The molecule has 0 aliphatic heterocycles. The standard InChI is InChI=1S/C41H78O5/c1-3-5-7-9-11-13-15-17-18-19-20-21-22-24-26-28-30-32-34-36-41(44)46-38-39(42)37-45-40(43)35-33-31-29-27-25-23-16-14-12-10-8-6-4-2/h23,25,39,42H,3-22,24,26-38H2,1-2H3/b25-23-/t39-/m0/s1. The maximum atomic E-state index is 12.0. The van der Waals surface area contributed by atoms with E-state index in [9.17, 15) is 14.7 Å². The van der Waals surface area contributed by atoms with Crippen LogP contribution in [0, 0.1) is 0 Å². The van der Waals surface area contributed by atoms with Crippen LogP contribution in [0.4, 0.5) is 0 Å². The predicted molar refractivity (Wildman–Crippen MR) is 196 cm³/mol. The third kappa shape index (κ3) is 37.1. The van der Waals surface area contributed by atoms with Gasteiger partial charge in [-0.3, -0.25) is 9.59 Å². The van der Waals surface area contributed by atoms with Crippen molar-refractivity contribution in [3.05, 3.63) is 12.2 Å². The van der Waals surface area contributed by atoms with Gasteiger partial charge in [-0.15, -0.1) is 0 Å². The third-order valence-corrected chi connectivity index (χ3v) is 9.00. The molecule has 0 heterocycles. The van der Waals surface area contributed by atoms with Crippen LogP contribution in [0.1, 0.15) is 219 Å². The van der Waals surface area contributed by atoms with Crippen molar-refractivity contribution in [1.29, 1.82) is 0 Å². The summed E-state index contributed by atoms with van der Waals surface area (Å²) in [7, 11) is 0. The quantitative estimate of drug-likeness (QED) is 0.0411. The van der Waals surface area contributed by atoms with E-state index in [1.165, 1.54) is 154 Å². The number of hydrogen-bond acceptors (Lipinski definition) is 5. The summed E-state index contributed by atoms with van der Waals surface area (Å²) in [6, 6.07) is 0. The minimum Gasteiger partial charge on any atom is -0.463 e. The molecule has 0 amide bonds. The number of hydrogen-bond donors (Lipinski definition) is 1. The zero-order valence-corrected chi connectivity index (χ0v) is 30.9. The Morgan fingerprint density at radius 3 is 1.02 bits per heavy atom. The van der Waals surface area contributed by atoms with Gasteiger partial charge in [0.05, 0.1) is 0 Å². The number of aliphatic hydroxyl groups excluding tert-OH is 1. The molecule has 46 heavy (non-hydrogen) atoms. The molecule has 0 saturated heterocycles. The fraction of sp³-hybridized carbons (Fsp3) is 0.902. The molecule has 0 radical (unpaired) electrons. The second kappa shape index (κ2) is 38.1. The summed E-state index contributed by atoms with van der Waals surface area (Å²) in [5, 5.41) is 10.0. The molecule has 272 valence electrons. The molecule has 1 N–H and O–H groups in total. The highest BCUT2D eigenvalue weighted by molar-refractivity contribution is 5.69. The first-order valence-corrected chi connectivity index (χ1v) is 20.2. The van der Waals surface area contributed by atoms with Crippen LogP contribution in [-0.2, 0) is 19.1 Å². The Morgan fingerprint density at radius 2 is 0.696 bits per heavy atom. The van der Waals surface area contributed by atoms with Gasteiger partial charge in [-0.05, 0) is 38.5 Å². The summed E-state index contributed by atoms with van der Waals surface area (Å²) >= 11 is 0. The average molecular weight is 651 g/mol. The third-order valence-electron chi connectivity index (χ3n) is 9.00. The summed E-state index contributed by atoms with van der Waals surface area (Å²) in [5.74, 6) is -0.573. The first-order valence-electron chi connectivity index (χ1n) is 20.2. The molecule has 0 unspecified atom stereocenters. The van der Waals surface area contributed by atoms with Crippen molar-refractivity contribution in [2.24, 2.45) is 0 Å². The highest BCUT2D eigenvalue weighted by Gasteiger charge is 2.12. The highest BCUT2D eigenvalue weighted by Crippen LogP contribution is 2.15. The van der Waals surface area contributed by atoms with Gasteiger partial charge in [-0.1, -0.05) is 180 Å². The Hall–Kier alpha value is -1.36. The second-order valence-electron chi connectivity index (χ2n) is 13.8. The molecule has 0 saturated carbocycles. The van der Waals surface area contributed by atoms with Crippen LogP contribution >= 0.6 is 0 Å². The van der Waals surface area contributed by atoms with Gasteiger partial charge in [0.25, 0.3) is 0 Å². The molecule has 5 nitrogen and oxygen atoms in total. The Balaban J connectivity index is 3.39. The van der Waals surface area contributed by atoms with E-state index in [0.29, 0.717) is 12.8 Å². The van der Waals surface area contributed by atoms with Gasteiger partial charge in [0, 0.05) is 12.8 Å². The van der Waals surface area contributed by atoms with E-state index < -0.39 is 6.10 Å². The van der Waals surface area contributed by atoms with Crippen molar-refractivity contribution in [2.45, 2.75) is 225 Å². The van der Waals surface area contributed by atoms with Crippen molar-refractivity contribution in [3.8, 4) is 0 Å². The summed E-state index contributed by atoms with van der Waals surface area (Å²) in [6.45, 7) is 4.30. The van der Waals surface area contributed by atoms with Crippen LogP contribution in [-0.4, -0.2) is 36.4 Å². The van der Waals surface area contributed by atoms with Crippen LogP contribution in [0.5, 0.6) is 0 Å². The highest BCUT2D eigenvalue weighted by atomic mass is 16.6. The van der Waals surface area contributed by atoms with Gasteiger partial charge in [-0.25, -0.2) is 0 Å². The Bertz CT molecular complexity index is 661. The van der Waals surface area contributed by atoms with E-state index in [-0.39, 0.29) is 25.2 Å². The molecule has 0 rings (SSSR count). The Kier molecular flexibility index (Phi) is 37.0. The van der Waals surface area contributed by atoms with Crippen LogP contribution in [0.25, 0.3) is 0 Å². The van der Waals surface area contributed by atoms with Gasteiger partial charge < -0.3 is 14.6 Å². The number of esters is 2. The van der Waals surface area contributed by atoms with Crippen LogP contribution in [0.15, 0.2) is 12.2 Å². The van der Waals surface area contributed by atoms with Crippen molar-refractivity contribution >= 4 is 11.9 Å². The van der Waals surface area contributed by atoms with E-state index in [4.69, 9.17) is 9.47 Å². The number of carbonyl (C=O) groups excluding carboxylic acids is 2. The largest absolute Gasteiger partial charge is 0.463 e. The zero-order valence-electron chi connectivity index (χ0n) is 30.9. The normalized spacial score (nSPS) is 12.2. The minimum atomic E-state index is -0.963. The number of aliphatic hydroxyl groups is 1. The molecule has 0 aliphatic rings. The van der Waals surface area contributed by atoms with E-state index in [1.807, 2.05) is 0 Å². The van der Waals surface area contributed by atoms with E-state index >= 15 is 0 Å². The first kappa shape index (κ1) is 44.6. The number of carbonyl (C=O) groups is 2. The monoisotopic (exact) mass is 651 g/mol. The van der Waals surface area contributed by atoms with Gasteiger partial charge >= 0.3 is 11.9 Å². The topological polar surface area (TPSA) is 72.8 Å². The molecule has 0 aromatic rings. The smallest absolute Gasteiger partial charge is 0.305 e. The molecule has 0 bridgehead atoms. The molecule has 0 aromatic carbocycles. The van der Waals surface area contributed by atoms with Gasteiger partial charge in [0.2, 0.25) is 0 Å². The van der Waals surface area contributed by atoms with E-state index in [0.717, 1.165) is 38.5 Å². The average Bonchev–Trinajstić information content (AvgIpc) is 3.06. The zero-order chi connectivity index (χ0) is 33.6. The summed E-state index contributed by atoms with van der Waals surface area (Å²) < 4.78 is 10.3. The molecule has 5 heteroatoms. The Labute approximate surface area is 286 Å². The fourth-order valence-electron chi connectivity index (χ4n) is 5.91. The summed E-state index contributed by atoms with van der Waals surface area (Å²) in [6.07, 6.45) is 42.7. The molecule has 0 aromatic heterocycles. The number of ether oxygens (including phenoxy) is 2. The molecule has 0 fully saturated rings. The molecular weight excluding hydrogens is 572 g/mol. The van der Waals surface area contributed by atoms with E-state index in [1.54, 1.807) is 0 Å². The van der Waals surface area contributed by atoms with E-state index in [2.05, 4.69) is 26.0 Å². The maximum absolute atomic E-state index is 12.0. The maximum Gasteiger partial charge on any atom is 0.305 e. The lowest BCUT2D eigenvalue weighted by atomic mass is 10.0. The summed E-state index contributed by atoms with van der Waals surface area (Å²) in [4.78, 5) is 23.9. The lowest BCUT2D eigenvalue weighted by Crippen LogP contribution is -2.25. The fourth-order valence-corrected chi connectivity index (χ4v) is 5.91. The van der Waals surface area contributed by atoms with Gasteiger partial charge in [-0.2, -0.15) is 0 Å². The molecular formula is C41H78O5. The first-order chi connectivity index (χ1) is 22.6. The summed E-state index contributed by atoms with van der Waals surface area (Å²) in [5.41, 5.74) is 0. The van der Waals surface area contributed by atoms with Crippen LogP contribution < -0.4 is 0 Å². The Morgan fingerprint density at radius 1 is 0.435 bits per heavy atom. The van der Waals surface area contributed by atoms with Crippen molar-refractivity contribution < 1.29 is 24.2 Å². The van der Waals surface area contributed by atoms with Crippen LogP contribution in [0.3, 0.4) is 0 Å². The SMILES string of the molecule is CCCCCCCC/C=C\CCCCCC(=O)OC[C@H](O)COC(=O)CCCCCCCCCCCCCCCCCCCCC. The lowest BCUT2D eigenvalue weighted by molar-refractivity contribution is -0.152. The van der Waals surface area contributed by atoms with Crippen molar-refractivity contribution in [1.82, 2.24) is 0 Å². The predicted octanol–water partition coefficient (Wildman–Crippen LogP) is 12.5. The number of unbranched alkanes of at least 4 members (excludes halogenated alkanes) is 27. The molecule has 0 spiro atoms. The van der Waals surface area contributed by atoms with Crippen molar-refractivity contribution in [3.63, 3.8) is 0 Å². The molecule has 1 atom stereocenters. The number of allylic oxidation sites excluding steroid dienone is 2. The van der Waals surface area contributed by atoms with Crippen molar-refractivity contribution in [2.75, 3.05) is 13.2 Å². The van der Waals surface area contributed by atoms with Gasteiger partial charge in [0.15, 0.2) is 0 Å². The lowest BCUT2D eigenvalue weighted by Gasteiger charge is -2.12. The van der Waals surface area contributed by atoms with Gasteiger partial charge in [0.1, 0.15) is 19.3 Å². The minimum absolute atomic E-state index is 0.115. The van der Waals surface area contributed by atoms with Crippen LogP contribution in [0.2, 0.25) is 0 Å². The second-order valence-corrected chi connectivity index (χ2v) is 13.8. The molecule has 0 aliphatic carbocycles. The number of rotatable bonds is 37.